The topological polar surface area (TPSA) is 110 Å². The minimum absolute atomic E-state index is 0.0108. The van der Waals surface area contributed by atoms with Crippen molar-refractivity contribution in [2.24, 2.45) is 0 Å². The van der Waals surface area contributed by atoms with Crippen molar-refractivity contribution < 1.29 is 21.6 Å². The monoisotopic (exact) mass is 634 g/mol. The standard InChI is InChI=1S/C31H27ClN4O5S2/c32-27-11-12-29-26(21-27)22-30(36(29)42(38,39)28-5-2-1-3-6-28)43(40,41)35-18-4-17-34(19-20-35)31(37)25-9-7-23(8-10-25)24-13-15-33-16-14-24/h1-3,5-16,21-22H,4,17-20H2. The Balaban J connectivity index is 1.28. The Labute approximate surface area is 255 Å². The predicted molar refractivity (Wildman–Crippen MR) is 165 cm³/mol. The maximum absolute atomic E-state index is 14.1. The van der Waals surface area contributed by atoms with Crippen LogP contribution in [-0.4, -0.2) is 67.1 Å². The molecule has 0 bridgehead atoms. The summed E-state index contributed by atoms with van der Waals surface area (Å²) in [6.45, 7) is 0.650. The zero-order chi connectivity index (χ0) is 30.2. The molecule has 5 aromatic rings. The van der Waals surface area contributed by atoms with E-state index in [9.17, 15) is 21.6 Å². The smallest absolute Gasteiger partial charge is 0.269 e. The summed E-state index contributed by atoms with van der Waals surface area (Å²) in [5, 5.41) is 0.357. The minimum atomic E-state index is -4.30. The van der Waals surface area contributed by atoms with Gasteiger partial charge < -0.3 is 4.90 Å². The number of halogens is 1. The summed E-state index contributed by atoms with van der Waals surface area (Å²) in [6, 6.07) is 24.6. The van der Waals surface area contributed by atoms with Crippen molar-refractivity contribution in [3.8, 4) is 11.1 Å². The van der Waals surface area contributed by atoms with E-state index >= 15 is 0 Å². The first kappa shape index (κ1) is 29.1. The van der Waals surface area contributed by atoms with Crippen LogP contribution in [0.5, 0.6) is 0 Å². The second-order valence-corrected chi connectivity index (χ2v) is 14.2. The van der Waals surface area contributed by atoms with Gasteiger partial charge in [0.2, 0.25) is 0 Å². The summed E-state index contributed by atoms with van der Waals surface area (Å²) in [4.78, 5) is 19.0. The normalized spacial score (nSPS) is 15.0. The van der Waals surface area contributed by atoms with Crippen LogP contribution in [0.2, 0.25) is 5.02 Å². The van der Waals surface area contributed by atoms with Crippen LogP contribution in [0.25, 0.3) is 22.0 Å². The Hall–Kier alpha value is -4.03. The summed E-state index contributed by atoms with van der Waals surface area (Å²) < 4.78 is 58.0. The highest BCUT2D eigenvalue weighted by Crippen LogP contribution is 2.32. The van der Waals surface area contributed by atoms with Gasteiger partial charge in [-0.15, -0.1) is 0 Å². The number of carbonyl (C=O) groups is 1. The van der Waals surface area contributed by atoms with Crippen LogP contribution in [0.4, 0.5) is 0 Å². The fourth-order valence-corrected chi connectivity index (χ4v) is 8.99. The maximum Gasteiger partial charge on any atom is 0.269 e. The molecule has 0 aliphatic carbocycles. The Morgan fingerprint density at radius 2 is 1.42 bits per heavy atom. The largest absolute Gasteiger partial charge is 0.337 e. The number of sulfonamides is 1. The zero-order valence-electron chi connectivity index (χ0n) is 22.9. The van der Waals surface area contributed by atoms with E-state index in [1.165, 1.54) is 40.7 Å². The fraction of sp³-hybridized carbons (Fsp3) is 0.161. The van der Waals surface area contributed by atoms with Gasteiger partial charge in [0.15, 0.2) is 5.03 Å². The molecular formula is C31H27ClN4O5S2. The van der Waals surface area contributed by atoms with E-state index in [2.05, 4.69) is 4.98 Å². The van der Waals surface area contributed by atoms with Gasteiger partial charge in [-0.1, -0.05) is 41.9 Å². The third-order valence-electron chi connectivity index (χ3n) is 7.46. The number of rotatable bonds is 6. The highest BCUT2D eigenvalue weighted by Gasteiger charge is 2.35. The molecule has 3 heterocycles. The van der Waals surface area contributed by atoms with E-state index in [1.54, 1.807) is 47.6 Å². The van der Waals surface area contributed by atoms with Crippen molar-refractivity contribution in [2.75, 3.05) is 26.2 Å². The molecule has 1 fully saturated rings. The van der Waals surface area contributed by atoms with Crippen molar-refractivity contribution in [1.29, 1.82) is 0 Å². The molecule has 0 unspecified atom stereocenters. The molecule has 12 heteroatoms. The van der Waals surface area contributed by atoms with Gasteiger partial charge in [-0.05, 0) is 78.2 Å². The van der Waals surface area contributed by atoms with Crippen LogP contribution < -0.4 is 0 Å². The molecule has 1 aliphatic heterocycles. The van der Waals surface area contributed by atoms with Crippen molar-refractivity contribution in [2.45, 2.75) is 16.3 Å². The van der Waals surface area contributed by atoms with Crippen LogP contribution >= 0.6 is 11.6 Å². The number of fused-ring (bicyclic) bond motifs is 1. The first-order chi connectivity index (χ1) is 20.7. The van der Waals surface area contributed by atoms with Gasteiger partial charge in [-0.2, -0.15) is 4.31 Å². The number of benzene rings is 3. The van der Waals surface area contributed by atoms with E-state index in [-0.39, 0.29) is 41.0 Å². The second kappa shape index (κ2) is 11.6. The Morgan fingerprint density at radius 1 is 0.721 bits per heavy atom. The molecule has 0 spiro atoms. The van der Waals surface area contributed by atoms with E-state index < -0.39 is 20.0 Å². The van der Waals surface area contributed by atoms with Crippen LogP contribution in [0.1, 0.15) is 16.8 Å². The lowest BCUT2D eigenvalue weighted by Gasteiger charge is -2.23. The number of nitrogens with zero attached hydrogens (tertiary/aromatic N) is 4. The summed E-state index contributed by atoms with van der Waals surface area (Å²) in [5.41, 5.74) is 2.64. The number of aromatic nitrogens is 2. The molecule has 6 rings (SSSR count). The molecular weight excluding hydrogens is 608 g/mol. The van der Waals surface area contributed by atoms with Crippen molar-refractivity contribution in [3.05, 3.63) is 114 Å². The molecule has 9 nitrogen and oxygen atoms in total. The SMILES string of the molecule is O=C(c1ccc(-c2ccncc2)cc1)N1CCCN(S(=O)(=O)c2cc3cc(Cl)ccc3n2S(=O)(=O)c2ccccc2)CC1. The Morgan fingerprint density at radius 3 is 2.14 bits per heavy atom. The molecule has 0 radical (unpaired) electrons. The zero-order valence-corrected chi connectivity index (χ0v) is 25.3. The van der Waals surface area contributed by atoms with Gasteiger partial charge >= 0.3 is 0 Å². The lowest BCUT2D eigenvalue weighted by Crippen LogP contribution is -2.38. The quantitative estimate of drug-likeness (QED) is 0.256. The van der Waals surface area contributed by atoms with Crippen LogP contribution in [0.3, 0.4) is 0 Å². The average Bonchev–Trinajstić information content (AvgIpc) is 3.24. The second-order valence-electron chi connectivity index (χ2n) is 10.1. The summed E-state index contributed by atoms with van der Waals surface area (Å²) in [7, 11) is -8.58. The highest BCUT2D eigenvalue weighted by atomic mass is 35.5. The Kier molecular flexibility index (Phi) is 7.82. The lowest BCUT2D eigenvalue weighted by molar-refractivity contribution is 0.0764. The number of pyridine rings is 1. The van der Waals surface area contributed by atoms with Gasteiger partial charge in [-0.25, -0.2) is 20.8 Å². The highest BCUT2D eigenvalue weighted by molar-refractivity contribution is 7.92. The number of amides is 1. The first-order valence-electron chi connectivity index (χ1n) is 13.6. The molecule has 2 aromatic heterocycles. The number of carbonyl (C=O) groups excluding carboxylic acids is 1. The minimum Gasteiger partial charge on any atom is -0.337 e. The van der Waals surface area contributed by atoms with Gasteiger partial charge in [0, 0.05) is 54.5 Å². The lowest BCUT2D eigenvalue weighted by atomic mass is 10.0. The summed E-state index contributed by atoms with van der Waals surface area (Å²) in [6.07, 6.45) is 3.80. The van der Waals surface area contributed by atoms with E-state index in [1.807, 2.05) is 24.3 Å². The van der Waals surface area contributed by atoms with Gasteiger partial charge in [-0.3, -0.25) is 9.78 Å². The summed E-state index contributed by atoms with van der Waals surface area (Å²) in [5.74, 6) is -0.198. The van der Waals surface area contributed by atoms with Gasteiger partial charge in [0.1, 0.15) is 0 Å². The van der Waals surface area contributed by atoms with Crippen LogP contribution in [0, 0.1) is 0 Å². The number of hydrogen-bond acceptors (Lipinski definition) is 6. The first-order valence-corrected chi connectivity index (χ1v) is 16.8. The van der Waals surface area contributed by atoms with Crippen LogP contribution in [-0.2, 0) is 20.0 Å². The fourth-order valence-electron chi connectivity index (χ4n) is 5.26. The molecule has 220 valence electrons. The maximum atomic E-state index is 14.1. The third kappa shape index (κ3) is 5.56. The van der Waals surface area contributed by atoms with Crippen molar-refractivity contribution in [3.63, 3.8) is 0 Å². The number of hydrogen-bond donors (Lipinski definition) is 0. The molecule has 0 atom stereocenters. The van der Waals surface area contributed by atoms with E-state index in [0.29, 0.717) is 28.9 Å². The molecule has 0 N–H and O–H groups in total. The third-order valence-corrected chi connectivity index (χ3v) is 11.4. The van der Waals surface area contributed by atoms with E-state index in [4.69, 9.17) is 11.6 Å². The molecule has 1 amide bonds. The predicted octanol–water partition coefficient (Wildman–Crippen LogP) is 5.13. The van der Waals surface area contributed by atoms with Gasteiger partial charge in [0.25, 0.3) is 26.0 Å². The molecule has 3 aromatic carbocycles. The van der Waals surface area contributed by atoms with Crippen molar-refractivity contribution in [1.82, 2.24) is 18.2 Å². The van der Waals surface area contributed by atoms with Gasteiger partial charge in [0.05, 0.1) is 10.4 Å². The average molecular weight is 635 g/mol. The molecule has 43 heavy (non-hydrogen) atoms. The van der Waals surface area contributed by atoms with E-state index in [0.717, 1.165) is 15.1 Å². The van der Waals surface area contributed by atoms with Crippen LogP contribution in [0.15, 0.2) is 113 Å². The summed E-state index contributed by atoms with van der Waals surface area (Å²) >= 11 is 6.17. The molecule has 1 aliphatic rings. The van der Waals surface area contributed by atoms with Crippen molar-refractivity contribution >= 4 is 48.5 Å². The molecule has 1 saturated heterocycles. The molecule has 0 saturated carbocycles. The Bertz CT molecular complexity index is 2020.